The summed E-state index contributed by atoms with van der Waals surface area (Å²) in [6.45, 7) is 8.08. The van der Waals surface area contributed by atoms with Crippen LogP contribution in [0.5, 0.6) is 11.5 Å². The average molecular weight is 553 g/mol. The lowest BCUT2D eigenvalue weighted by Crippen LogP contribution is -2.27. The molecule has 0 aliphatic heterocycles. The van der Waals surface area contributed by atoms with E-state index in [9.17, 15) is 9.59 Å². The van der Waals surface area contributed by atoms with E-state index in [4.69, 9.17) is 14.2 Å². The van der Waals surface area contributed by atoms with Crippen LogP contribution in [0.4, 0.5) is 5.69 Å². The van der Waals surface area contributed by atoms with E-state index in [1.165, 1.54) is 0 Å². The molecule has 1 aliphatic carbocycles. The lowest BCUT2D eigenvalue weighted by molar-refractivity contribution is -0.149. The second-order valence-electron chi connectivity index (χ2n) is 9.78. The van der Waals surface area contributed by atoms with Crippen LogP contribution in [-0.4, -0.2) is 29.6 Å². The van der Waals surface area contributed by atoms with Crippen LogP contribution in [0.2, 0.25) is 0 Å². The fourth-order valence-corrected chi connectivity index (χ4v) is 4.61. The van der Waals surface area contributed by atoms with Crippen molar-refractivity contribution in [2.24, 2.45) is 5.92 Å². The van der Waals surface area contributed by atoms with E-state index in [-0.39, 0.29) is 23.9 Å². The largest absolute Gasteiger partial charge is 0.495 e. The minimum Gasteiger partial charge on any atom is -0.495 e. The van der Waals surface area contributed by atoms with E-state index >= 15 is 0 Å². The van der Waals surface area contributed by atoms with Gasteiger partial charge in [0.1, 0.15) is 11.5 Å². The minimum atomic E-state index is -0.260. The van der Waals surface area contributed by atoms with Gasteiger partial charge in [-0.05, 0) is 99.7 Å². The van der Waals surface area contributed by atoms with Gasteiger partial charge in [0.15, 0.2) is 0 Å². The number of nitrogens with one attached hydrogen (secondary N) is 1. The summed E-state index contributed by atoms with van der Waals surface area (Å²) in [5.74, 6) is 1.68. The van der Waals surface area contributed by atoms with E-state index < -0.39 is 0 Å². The first-order valence-electron chi connectivity index (χ1n) is 13.9. The first kappa shape index (κ1) is 29.3. The van der Waals surface area contributed by atoms with Crippen molar-refractivity contribution in [1.29, 1.82) is 0 Å². The number of amides is 1. The summed E-state index contributed by atoms with van der Waals surface area (Å²) in [6.07, 6.45) is 10.5. The molecule has 212 valence electrons. The lowest BCUT2D eigenvalue weighted by atomic mass is 9.87. The van der Waals surface area contributed by atoms with Crippen LogP contribution in [0.3, 0.4) is 0 Å². The number of para-hydroxylation sites is 1. The molecule has 1 heterocycles. The maximum absolute atomic E-state index is 12.8. The predicted octanol–water partition coefficient (Wildman–Crippen LogP) is 7.74. The van der Waals surface area contributed by atoms with Crippen LogP contribution in [0.15, 0.2) is 103 Å². The summed E-state index contributed by atoms with van der Waals surface area (Å²) < 4.78 is 17.1. The summed E-state index contributed by atoms with van der Waals surface area (Å²) in [5.41, 5.74) is 2.59. The maximum atomic E-state index is 12.8. The topological polar surface area (TPSA) is 86.8 Å². The predicted molar refractivity (Wildman–Crippen MR) is 161 cm³/mol. The fourth-order valence-electron chi connectivity index (χ4n) is 4.61. The molecule has 2 aromatic carbocycles. The van der Waals surface area contributed by atoms with Crippen LogP contribution in [0.25, 0.3) is 5.57 Å². The van der Waals surface area contributed by atoms with Gasteiger partial charge in [-0.15, -0.1) is 0 Å². The molecular weight excluding hydrogens is 516 g/mol. The molecule has 41 heavy (non-hydrogen) atoms. The van der Waals surface area contributed by atoms with Crippen molar-refractivity contribution in [3.8, 4) is 11.5 Å². The van der Waals surface area contributed by atoms with Crippen LogP contribution >= 0.6 is 0 Å². The first-order chi connectivity index (χ1) is 19.9. The molecule has 4 rings (SSSR count). The number of esters is 1. The highest BCUT2D eigenvalue weighted by atomic mass is 16.5. The monoisotopic (exact) mass is 552 g/mol. The van der Waals surface area contributed by atoms with Crippen LogP contribution in [0.1, 0.15) is 55.6 Å². The number of aromatic nitrogens is 1. The number of pyridine rings is 1. The van der Waals surface area contributed by atoms with Crippen LogP contribution in [0, 0.1) is 5.92 Å². The molecule has 1 saturated carbocycles. The van der Waals surface area contributed by atoms with Gasteiger partial charge >= 0.3 is 5.97 Å². The number of hydrogen-bond acceptors (Lipinski definition) is 6. The molecule has 0 atom stereocenters. The van der Waals surface area contributed by atoms with Crippen molar-refractivity contribution < 1.29 is 23.8 Å². The molecule has 0 radical (unpaired) electrons. The van der Waals surface area contributed by atoms with Gasteiger partial charge in [0.05, 0.1) is 42.0 Å². The van der Waals surface area contributed by atoms with Gasteiger partial charge in [-0.25, -0.2) is 0 Å². The zero-order chi connectivity index (χ0) is 29.0. The number of allylic oxidation sites excluding steroid dienone is 5. The lowest BCUT2D eigenvalue weighted by Gasteiger charge is -2.27. The molecule has 1 N–H and O–H groups in total. The molecular formula is C34H36N2O5. The number of ether oxygens (including phenoxy) is 3. The Hall–Kier alpha value is -4.65. The Bertz CT molecular complexity index is 1390. The Morgan fingerprint density at radius 3 is 2.41 bits per heavy atom. The SMILES string of the molecule is C=CC(=CC=C(C)OC1CCC(C(=O)OCC)CC1)c1ccc(NC(=O)c2cccc(Oc3ccccc3)c2)cn1. The number of carbonyl (C=O) groups excluding carboxylic acids is 2. The van der Waals surface area contributed by atoms with Gasteiger partial charge in [-0.1, -0.05) is 36.9 Å². The van der Waals surface area contributed by atoms with Crippen LogP contribution in [-0.2, 0) is 14.3 Å². The molecule has 7 heteroatoms. The summed E-state index contributed by atoms with van der Waals surface area (Å²) in [4.78, 5) is 29.3. The molecule has 0 bridgehead atoms. The van der Waals surface area contributed by atoms with Crippen molar-refractivity contribution >= 4 is 23.1 Å². The molecule has 1 aliphatic rings. The minimum absolute atomic E-state index is 0.0241. The number of carbonyl (C=O) groups is 2. The molecule has 0 spiro atoms. The molecule has 7 nitrogen and oxygen atoms in total. The summed E-state index contributed by atoms with van der Waals surface area (Å²) in [6, 6.07) is 20.1. The van der Waals surface area contributed by atoms with Crippen molar-refractivity contribution in [2.45, 2.75) is 45.6 Å². The standard InChI is InChI=1S/C34H36N2O5/c1-4-25(15-14-24(3)40-30-19-16-26(17-20-30)34(38)39-5-2)32-21-18-28(23-35-32)36-33(37)27-10-9-13-31(22-27)41-29-11-7-6-8-12-29/h4,6-15,18,21-23,26,30H,1,5,16-17,19-20H2,2-3H3,(H,36,37). The summed E-state index contributed by atoms with van der Waals surface area (Å²) >= 11 is 0. The highest BCUT2D eigenvalue weighted by molar-refractivity contribution is 6.04. The van der Waals surface area contributed by atoms with Gasteiger partial charge in [-0.2, -0.15) is 0 Å². The van der Waals surface area contributed by atoms with E-state index in [1.54, 1.807) is 42.6 Å². The summed E-state index contributed by atoms with van der Waals surface area (Å²) in [5, 5.41) is 2.88. The molecule has 1 aromatic heterocycles. The second-order valence-corrected chi connectivity index (χ2v) is 9.78. The summed E-state index contributed by atoms with van der Waals surface area (Å²) in [7, 11) is 0. The molecule has 0 unspecified atom stereocenters. The van der Waals surface area contributed by atoms with Crippen molar-refractivity contribution in [1.82, 2.24) is 4.98 Å². The van der Waals surface area contributed by atoms with Gasteiger partial charge in [0.2, 0.25) is 0 Å². The maximum Gasteiger partial charge on any atom is 0.308 e. The zero-order valence-electron chi connectivity index (χ0n) is 23.5. The molecule has 3 aromatic rings. The van der Waals surface area contributed by atoms with E-state index in [0.29, 0.717) is 29.4 Å². The van der Waals surface area contributed by atoms with Gasteiger partial charge in [0, 0.05) is 5.56 Å². The second kappa shape index (κ2) is 14.7. The Balaban J connectivity index is 1.32. The fraction of sp³-hybridized carbons (Fsp3) is 0.265. The van der Waals surface area contributed by atoms with Gasteiger partial charge in [-0.3, -0.25) is 14.6 Å². The van der Waals surface area contributed by atoms with Crippen LogP contribution < -0.4 is 10.1 Å². The average Bonchev–Trinajstić information content (AvgIpc) is 2.99. The highest BCUT2D eigenvalue weighted by Crippen LogP contribution is 2.29. The van der Waals surface area contributed by atoms with Gasteiger partial charge in [0.25, 0.3) is 5.91 Å². The quantitative estimate of drug-likeness (QED) is 0.149. The van der Waals surface area contributed by atoms with Crippen molar-refractivity contribution in [3.63, 3.8) is 0 Å². The zero-order valence-corrected chi connectivity index (χ0v) is 23.5. The normalized spacial score (nSPS) is 17.3. The third-order valence-electron chi connectivity index (χ3n) is 6.76. The first-order valence-corrected chi connectivity index (χ1v) is 13.9. The number of nitrogens with zero attached hydrogens (tertiary/aromatic N) is 1. The van der Waals surface area contributed by atoms with E-state index in [1.807, 2.05) is 62.4 Å². The third kappa shape index (κ3) is 8.67. The molecule has 1 amide bonds. The Kier molecular flexibility index (Phi) is 10.5. The Morgan fingerprint density at radius 1 is 0.976 bits per heavy atom. The van der Waals surface area contributed by atoms with Crippen molar-refractivity contribution in [3.05, 3.63) is 115 Å². The number of benzene rings is 2. The van der Waals surface area contributed by atoms with Gasteiger partial charge < -0.3 is 19.5 Å². The molecule has 1 fully saturated rings. The molecule has 0 saturated heterocycles. The van der Waals surface area contributed by atoms with E-state index in [0.717, 1.165) is 42.7 Å². The number of hydrogen-bond donors (Lipinski definition) is 1. The third-order valence-corrected chi connectivity index (χ3v) is 6.76. The van der Waals surface area contributed by atoms with E-state index in [2.05, 4.69) is 16.9 Å². The Labute approximate surface area is 241 Å². The highest BCUT2D eigenvalue weighted by Gasteiger charge is 2.28. The van der Waals surface area contributed by atoms with Crippen molar-refractivity contribution in [2.75, 3.05) is 11.9 Å². The number of rotatable bonds is 11. The number of anilines is 1. The smallest absolute Gasteiger partial charge is 0.308 e. The Morgan fingerprint density at radius 2 is 1.73 bits per heavy atom.